The Morgan fingerprint density at radius 2 is 1.97 bits per heavy atom. The van der Waals surface area contributed by atoms with Crippen LogP contribution in [0.15, 0.2) is 79.3 Å². The largest absolute Gasteiger partial charge is 2.00 e. The Morgan fingerprint density at radius 3 is 2.83 bits per heavy atom. The van der Waals surface area contributed by atoms with Gasteiger partial charge in [0.05, 0.1) is 5.69 Å². The van der Waals surface area contributed by atoms with Gasteiger partial charge in [0.25, 0.3) is 0 Å². The van der Waals surface area contributed by atoms with Crippen LogP contribution in [0.3, 0.4) is 0 Å². The molecule has 0 amide bonds. The monoisotopic (exact) mass is 557 g/mol. The molecule has 6 heteroatoms. The van der Waals surface area contributed by atoms with Gasteiger partial charge in [-0.05, 0) is 29.9 Å². The predicted octanol–water partition coefficient (Wildman–Crippen LogP) is 4.24. The van der Waals surface area contributed by atoms with Crippen LogP contribution in [0.25, 0.3) is 27.8 Å². The Bertz CT molecular complexity index is 1290. The van der Waals surface area contributed by atoms with E-state index in [0.717, 1.165) is 22.0 Å². The van der Waals surface area contributed by atoms with Gasteiger partial charge in [-0.3, -0.25) is 0 Å². The molecule has 3 heterocycles. The summed E-state index contributed by atoms with van der Waals surface area (Å²) >= 11 is 0. The van der Waals surface area contributed by atoms with Crippen LogP contribution in [0.2, 0.25) is 0 Å². The molecule has 0 fully saturated rings. The van der Waals surface area contributed by atoms with Gasteiger partial charge < -0.3 is 9.78 Å². The molecule has 0 unspecified atom stereocenters. The Hall–Kier alpha value is -3.30. The van der Waals surface area contributed by atoms with Crippen molar-refractivity contribution in [3.05, 3.63) is 103 Å². The van der Waals surface area contributed by atoms with Crippen LogP contribution in [0.4, 0.5) is 0 Å². The zero-order valence-electron chi connectivity index (χ0n) is 15.1. The smallest absolute Gasteiger partial charge is 0.379 e. The molecule has 0 aliphatic heterocycles. The van der Waals surface area contributed by atoms with Crippen molar-refractivity contribution in [3.63, 3.8) is 0 Å². The Balaban J connectivity index is 0.00000205. The first kappa shape index (κ1) is 19.0. The number of carbonyl (C=O) groups excluding carboxylic acids is 1. The number of pyridine rings is 1. The first-order valence-electron chi connectivity index (χ1n) is 8.82. The summed E-state index contributed by atoms with van der Waals surface area (Å²) in [6.45, 7) is 0. The summed E-state index contributed by atoms with van der Waals surface area (Å²) in [5.74, 6) is 0.478. The topological polar surface area (TPSA) is 63.6 Å². The number of hydrogen-bond acceptors (Lipinski definition) is 3. The van der Waals surface area contributed by atoms with E-state index in [1.54, 1.807) is 29.2 Å². The summed E-state index contributed by atoms with van der Waals surface area (Å²) in [6, 6.07) is 25.1. The average Bonchev–Trinajstić information content (AvgIpc) is 3.43. The minimum Gasteiger partial charge on any atom is -0.379 e. The molecule has 5 aromatic rings. The normalized spacial score (nSPS) is 10.6. The molecule has 2 aromatic carbocycles. The van der Waals surface area contributed by atoms with Gasteiger partial charge in [-0.1, -0.05) is 17.7 Å². The second-order valence-electron chi connectivity index (χ2n) is 6.30. The van der Waals surface area contributed by atoms with Gasteiger partial charge in [0.15, 0.2) is 5.82 Å². The van der Waals surface area contributed by atoms with E-state index in [0.29, 0.717) is 17.1 Å². The molecule has 0 saturated heterocycles. The molecule has 0 atom stereocenters. The number of ketones is 1. The van der Waals surface area contributed by atoms with Crippen molar-refractivity contribution in [3.8, 4) is 16.9 Å². The van der Waals surface area contributed by atoms with E-state index in [1.165, 1.54) is 0 Å². The van der Waals surface area contributed by atoms with E-state index in [1.807, 2.05) is 54.7 Å². The first-order valence-corrected chi connectivity index (χ1v) is 8.82. The summed E-state index contributed by atoms with van der Waals surface area (Å²) in [6.07, 6.45) is 5.31. The van der Waals surface area contributed by atoms with Crippen molar-refractivity contribution in [1.82, 2.24) is 19.7 Å². The van der Waals surface area contributed by atoms with Crippen LogP contribution in [-0.2, 0) is 21.1 Å². The maximum Gasteiger partial charge on any atom is 2.00 e. The van der Waals surface area contributed by atoms with E-state index in [9.17, 15) is 4.79 Å². The fourth-order valence-electron chi connectivity index (χ4n) is 3.19. The molecular formula is C23H14N4OPt. The van der Waals surface area contributed by atoms with Crippen molar-refractivity contribution < 1.29 is 25.9 Å². The van der Waals surface area contributed by atoms with Crippen LogP contribution in [0.5, 0.6) is 0 Å². The number of fused-ring (bicyclic) bond motifs is 1. The molecule has 3 aromatic heterocycles. The Labute approximate surface area is 181 Å². The third kappa shape index (κ3) is 3.57. The number of aromatic amines is 1. The average molecular weight is 557 g/mol. The maximum atomic E-state index is 12.9. The molecule has 0 aliphatic carbocycles. The number of hydrogen-bond donors (Lipinski definition) is 1. The van der Waals surface area contributed by atoms with Crippen LogP contribution >= 0.6 is 0 Å². The summed E-state index contributed by atoms with van der Waals surface area (Å²) in [4.78, 5) is 20.4. The second kappa shape index (κ2) is 7.98. The van der Waals surface area contributed by atoms with Gasteiger partial charge >= 0.3 is 21.1 Å². The molecule has 1 N–H and O–H groups in total. The molecule has 0 saturated carbocycles. The first-order chi connectivity index (χ1) is 13.8. The van der Waals surface area contributed by atoms with Crippen molar-refractivity contribution in [2.75, 3.05) is 0 Å². The summed E-state index contributed by atoms with van der Waals surface area (Å²) in [7, 11) is 0. The standard InChI is InChI=1S/C23H14N4O.Pt/c28-23(21-11-14-27(26-21)22-9-1-2-12-25-22)17-6-3-5-16(15-17)18-7-4-8-20-19(18)10-13-24-20;/h1-6,8-14,24H;/q-2;+2. The number of nitrogens with one attached hydrogen (secondary N) is 1. The van der Waals surface area contributed by atoms with Crippen LogP contribution in [0.1, 0.15) is 16.1 Å². The molecule has 29 heavy (non-hydrogen) atoms. The van der Waals surface area contributed by atoms with Crippen LogP contribution in [-0.4, -0.2) is 25.5 Å². The number of nitrogens with zero attached hydrogens (tertiary/aromatic N) is 3. The third-order valence-corrected chi connectivity index (χ3v) is 4.54. The molecular weight excluding hydrogens is 543 g/mol. The molecule has 0 aliphatic rings. The molecule has 0 bridgehead atoms. The predicted molar refractivity (Wildman–Crippen MR) is 106 cm³/mol. The van der Waals surface area contributed by atoms with Crippen molar-refractivity contribution in [2.45, 2.75) is 0 Å². The van der Waals surface area contributed by atoms with E-state index >= 15 is 0 Å². The fourth-order valence-corrected chi connectivity index (χ4v) is 3.19. The van der Waals surface area contributed by atoms with Gasteiger partial charge in [0.1, 0.15) is 5.78 Å². The SMILES string of the molecule is O=C(c1[c-]c(-c2[c-]ccc3[nH]ccc23)ccc1)c1ccn(-c2ccccn2)n1.[Pt+2]. The summed E-state index contributed by atoms with van der Waals surface area (Å²) < 4.78 is 1.59. The van der Waals surface area contributed by atoms with Crippen LogP contribution in [0, 0.1) is 12.1 Å². The molecule has 0 radical (unpaired) electrons. The van der Waals surface area contributed by atoms with E-state index in [4.69, 9.17) is 0 Å². The molecule has 142 valence electrons. The zero-order valence-corrected chi connectivity index (χ0v) is 17.3. The summed E-state index contributed by atoms with van der Waals surface area (Å²) in [5, 5.41) is 5.42. The van der Waals surface area contributed by atoms with Crippen LogP contribution < -0.4 is 0 Å². The fraction of sp³-hybridized carbons (Fsp3) is 0. The van der Waals surface area contributed by atoms with Crippen molar-refractivity contribution in [1.29, 1.82) is 0 Å². The Morgan fingerprint density at radius 1 is 1.03 bits per heavy atom. The molecule has 5 nitrogen and oxygen atoms in total. The summed E-state index contributed by atoms with van der Waals surface area (Å²) in [5.41, 5.74) is 3.56. The van der Waals surface area contributed by atoms with Gasteiger partial charge in [0.2, 0.25) is 0 Å². The van der Waals surface area contributed by atoms with Gasteiger partial charge in [-0.15, -0.1) is 23.6 Å². The number of carbonyl (C=O) groups is 1. The maximum absolute atomic E-state index is 12.9. The van der Waals surface area contributed by atoms with Gasteiger partial charge in [0, 0.05) is 12.4 Å². The van der Waals surface area contributed by atoms with Gasteiger partial charge in [-0.2, -0.15) is 34.9 Å². The number of rotatable bonds is 4. The quantitative estimate of drug-likeness (QED) is 0.266. The van der Waals surface area contributed by atoms with E-state index < -0.39 is 0 Å². The number of H-pyrrole nitrogens is 1. The second-order valence-corrected chi connectivity index (χ2v) is 6.30. The van der Waals surface area contributed by atoms with Crippen molar-refractivity contribution in [2.24, 2.45) is 0 Å². The Kier molecular flexibility index (Phi) is 5.24. The third-order valence-electron chi connectivity index (χ3n) is 4.54. The number of benzene rings is 2. The zero-order chi connectivity index (χ0) is 18.9. The van der Waals surface area contributed by atoms with Gasteiger partial charge in [-0.25, -0.2) is 15.2 Å². The number of aromatic nitrogens is 4. The molecule has 0 spiro atoms. The minimum atomic E-state index is -0.183. The van der Waals surface area contributed by atoms with E-state index in [-0.39, 0.29) is 26.8 Å². The minimum absolute atomic E-state index is 0. The van der Waals surface area contributed by atoms with E-state index in [2.05, 4.69) is 27.2 Å². The molecule has 5 rings (SSSR count). The van der Waals surface area contributed by atoms with Crippen molar-refractivity contribution >= 4 is 16.7 Å².